The summed E-state index contributed by atoms with van der Waals surface area (Å²) in [5.74, 6) is 1.23. The van der Waals surface area contributed by atoms with Gasteiger partial charge in [-0.3, -0.25) is 0 Å². The van der Waals surface area contributed by atoms with Crippen LogP contribution in [0.5, 0.6) is 11.5 Å². The second-order valence-corrected chi connectivity index (χ2v) is 18.0. The molecule has 2 aliphatic rings. The number of nitrogens with zero attached hydrogens (tertiary/aromatic N) is 2. The molecule has 4 aromatic rings. The van der Waals surface area contributed by atoms with Gasteiger partial charge in [0.05, 0.1) is 0 Å². The van der Waals surface area contributed by atoms with Gasteiger partial charge in [0.1, 0.15) is 0 Å². The maximum absolute atomic E-state index is 6.91. The number of hydrogen-bond acceptors (Lipinski definition) is 4. The first kappa shape index (κ1) is 22.9. The van der Waals surface area contributed by atoms with Gasteiger partial charge in [0, 0.05) is 0 Å². The molecule has 0 amide bonds. The molecule has 0 spiro atoms. The maximum atomic E-state index is 6.91. The number of halogens is 2. The first-order valence-electron chi connectivity index (χ1n) is 11.9. The number of hydrogen-bond donors (Lipinski definition) is 0. The normalized spacial score (nSPS) is 21.4. The van der Waals surface area contributed by atoms with Crippen LogP contribution < -0.4 is 7.53 Å². The van der Waals surface area contributed by atoms with Gasteiger partial charge in [-0.05, 0) is 0 Å². The van der Waals surface area contributed by atoms with E-state index < -0.39 is 12.1 Å². The van der Waals surface area contributed by atoms with E-state index in [4.69, 9.17) is 37.5 Å². The van der Waals surface area contributed by atoms with Crippen LogP contribution in [0.2, 0.25) is 0 Å². The molecule has 0 N–H and O–H groups in total. The van der Waals surface area contributed by atoms with Gasteiger partial charge in [0.25, 0.3) is 0 Å². The molecule has 1 aliphatic carbocycles. The fourth-order valence-corrected chi connectivity index (χ4v) is 8.64. The molecule has 0 aromatic heterocycles. The fourth-order valence-electron chi connectivity index (χ4n) is 5.00. The molecule has 0 unspecified atom stereocenters. The molecule has 0 bridgehead atoms. The number of aliphatic imine (C=N–C) groups is 2. The molecule has 1 fully saturated rings. The van der Waals surface area contributed by atoms with Crippen molar-refractivity contribution in [2.45, 2.75) is 37.8 Å². The van der Waals surface area contributed by atoms with Crippen LogP contribution in [0, 0.1) is 0 Å². The Morgan fingerprint density at radius 1 is 0.629 bits per heavy atom. The Balaban J connectivity index is 1.56. The minimum absolute atomic E-state index is 0.114. The molecule has 0 saturated heterocycles. The molecule has 1 saturated carbocycles. The molecule has 6 rings (SSSR count). The molecule has 35 heavy (non-hydrogen) atoms. The van der Waals surface area contributed by atoms with Crippen molar-refractivity contribution in [1.82, 2.24) is 0 Å². The summed E-state index contributed by atoms with van der Waals surface area (Å²) in [5.41, 5.74) is 1.68. The van der Waals surface area contributed by atoms with Crippen LogP contribution in [-0.4, -0.2) is 36.6 Å². The zero-order chi connectivity index (χ0) is 23.8. The van der Waals surface area contributed by atoms with Crippen LogP contribution in [-0.2, 0) is 0 Å². The molecule has 4 aromatic carbocycles. The van der Waals surface area contributed by atoms with Gasteiger partial charge in [-0.15, -0.1) is 0 Å². The Bertz CT molecular complexity index is 1360. The number of benzene rings is 4. The fraction of sp³-hybridized carbons (Fsp3) is 0.214. The van der Waals surface area contributed by atoms with Crippen molar-refractivity contribution in [2.24, 2.45) is 9.98 Å². The third-order valence-electron chi connectivity index (χ3n) is 6.77. The first-order valence-corrected chi connectivity index (χ1v) is 19.2. The van der Waals surface area contributed by atoms with Crippen LogP contribution in [0.3, 0.4) is 0 Å². The zero-order valence-electron chi connectivity index (χ0n) is 19.0. The van der Waals surface area contributed by atoms with Gasteiger partial charge >= 0.3 is 217 Å². The summed E-state index contributed by atoms with van der Waals surface area (Å²) in [5, 5.41) is 3.95. The molecule has 1 heterocycles. The summed E-state index contributed by atoms with van der Waals surface area (Å²) in [4.78, 5) is 9.97. The van der Waals surface area contributed by atoms with Crippen LogP contribution >= 0.6 is 20.0 Å². The third-order valence-corrected chi connectivity index (χ3v) is 10.2. The molecule has 1 aliphatic heterocycles. The minimum atomic E-state index is -4.35. The quantitative estimate of drug-likeness (QED) is 0.208. The molecule has 176 valence electrons. The van der Waals surface area contributed by atoms with Gasteiger partial charge in [0.2, 0.25) is 0 Å². The van der Waals surface area contributed by atoms with E-state index in [9.17, 15) is 0 Å². The average Bonchev–Trinajstić information content (AvgIpc) is 2.88. The van der Waals surface area contributed by atoms with Gasteiger partial charge in [-0.1, -0.05) is 0 Å². The second kappa shape index (κ2) is 9.49. The summed E-state index contributed by atoms with van der Waals surface area (Å²) >= 11 is -4.35. The monoisotopic (exact) mass is 564 g/mol. The van der Waals surface area contributed by atoms with Crippen molar-refractivity contribution < 1.29 is 7.53 Å². The Labute approximate surface area is 216 Å². The topological polar surface area (TPSA) is 43.2 Å². The molecular formula is C28H24Cl2GeN2O2. The van der Waals surface area contributed by atoms with Crippen molar-refractivity contribution in [2.75, 3.05) is 0 Å². The van der Waals surface area contributed by atoms with E-state index in [1.807, 2.05) is 73.1 Å². The van der Waals surface area contributed by atoms with Crippen LogP contribution in [0.4, 0.5) is 0 Å². The summed E-state index contributed by atoms with van der Waals surface area (Å²) in [6.45, 7) is 0. The van der Waals surface area contributed by atoms with Crippen molar-refractivity contribution in [3.8, 4) is 11.5 Å². The Hall–Kier alpha value is -2.54. The predicted octanol–water partition coefficient (Wildman–Crippen LogP) is 7.53. The average molecular weight is 564 g/mol. The predicted molar refractivity (Wildman–Crippen MR) is 148 cm³/mol. The first-order chi connectivity index (χ1) is 17.1. The van der Waals surface area contributed by atoms with E-state index in [2.05, 4.69) is 12.1 Å². The van der Waals surface area contributed by atoms with Gasteiger partial charge in [-0.25, -0.2) is 0 Å². The molecule has 0 radical (unpaired) electrons. The van der Waals surface area contributed by atoms with Crippen molar-refractivity contribution in [3.05, 3.63) is 83.9 Å². The molecular weight excluding hydrogens is 540 g/mol. The summed E-state index contributed by atoms with van der Waals surface area (Å²) in [6.07, 6.45) is 8.12. The number of fused-ring (bicyclic) bond motifs is 7. The molecule has 4 nitrogen and oxygen atoms in total. The second-order valence-electron chi connectivity index (χ2n) is 9.05. The van der Waals surface area contributed by atoms with Crippen molar-refractivity contribution in [1.29, 1.82) is 0 Å². The van der Waals surface area contributed by atoms with Crippen LogP contribution in [0.25, 0.3) is 21.5 Å². The number of rotatable bonds is 0. The molecule has 7 heteroatoms. The zero-order valence-corrected chi connectivity index (χ0v) is 22.6. The van der Waals surface area contributed by atoms with Gasteiger partial charge < -0.3 is 0 Å². The van der Waals surface area contributed by atoms with Crippen LogP contribution in [0.1, 0.15) is 36.8 Å². The third kappa shape index (κ3) is 4.67. The van der Waals surface area contributed by atoms with E-state index >= 15 is 0 Å². The van der Waals surface area contributed by atoms with Gasteiger partial charge in [0.15, 0.2) is 0 Å². The van der Waals surface area contributed by atoms with E-state index in [0.29, 0.717) is 11.5 Å². The van der Waals surface area contributed by atoms with Crippen molar-refractivity contribution in [3.63, 3.8) is 0 Å². The van der Waals surface area contributed by atoms with E-state index in [1.165, 1.54) is 0 Å². The van der Waals surface area contributed by atoms with Crippen LogP contribution in [0.15, 0.2) is 82.8 Å². The Kier molecular flexibility index (Phi) is 6.21. The van der Waals surface area contributed by atoms with E-state index in [1.54, 1.807) is 0 Å². The SMILES string of the molecule is [Cl][Ge]1([Cl])[O]c2c(ccc3ccccc23)C=N[C@@H]2CCCC[C@H]2N=Cc2ccc3ccccc3c2[O]1. The van der Waals surface area contributed by atoms with E-state index in [0.717, 1.165) is 58.4 Å². The summed E-state index contributed by atoms with van der Waals surface area (Å²) in [7, 11) is 13.8. The van der Waals surface area contributed by atoms with E-state index in [-0.39, 0.29) is 12.1 Å². The molecule has 2 atom stereocenters. The Morgan fingerprint density at radius 3 is 1.57 bits per heavy atom. The summed E-state index contributed by atoms with van der Waals surface area (Å²) in [6, 6.07) is 24.5. The standard InChI is InChI=1S/C28H24Cl2GeN2O2/c29-31(30)34-27-21(15-13-19-7-1-3-9-23(19)27)17-32-25-11-5-6-12-26(25)33-18-22-16-14-20-8-2-4-10-24(20)28(22)35-31/h1-4,7-10,13-18,25-26H,5-6,11-12H2/t25-,26-/m1/s1. The Morgan fingerprint density at radius 2 is 1.09 bits per heavy atom. The summed E-state index contributed by atoms with van der Waals surface area (Å²) < 4.78 is 12.8. The van der Waals surface area contributed by atoms with Crippen molar-refractivity contribution >= 4 is 66.1 Å². The van der Waals surface area contributed by atoms with Gasteiger partial charge in [-0.2, -0.15) is 0 Å².